The summed E-state index contributed by atoms with van der Waals surface area (Å²) in [7, 11) is 0. The van der Waals surface area contributed by atoms with E-state index in [2.05, 4.69) is 33.1 Å². The number of hydrogen-bond acceptors (Lipinski definition) is 1. The van der Waals surface area contributed by atoms with Crippen LogP contribution in [0.3, 0.4) is 0 Å². The van der Waals surface area contributed by atoms with Gasteiger partial charge in [0.1, 0.15) is 0 Å². The summed E-state index contributed by atoms with van der Waals surface area (Å²) >= 11 is 3.38. The zero-order chi connectivity index (χ0) is 11.3. The van der Waals surface area contributed by atoms with E-state index in [9.17, 15) is 4.79 Å². The van der Waals surface area contributed by atoms with Gasteiger partial charge in [0.05, 0.1) is 5.69 Å². The van der Waals surface area contributed by atoms with Crippen molar-refractivity contribution in [2.45, 2.75) is 6.92 Å². The number of carbonyl (C=O) groups excluding carboxylic acids is 1. The van der Waals surface area contributed by atoms with E-state index in [4.69, 9.17) is 0 Å². The van der Waals surface area contributed by atoms with E-state index in [1.54, 1.807) is 6.08 Å². The summed E-state index contributed by atoms with van der Waals surface area (Å²) in [6, 6.07) is 5.50. The average molecular weight is 269 g/mol. The normalized spacial score (nSPS) is 9.47. The summed E-state index contributed by atoms with van der Waals surface area (Å²) in [5, 5.41) is 5.36. The van der Waals surface area contributed by atoms with Crippen molar-refractivity contribution in [1.29, 1.82) is 0 Å². The number of carbonyl (C=O) groups is 1. The van der Waals surface area contributed by atoms with Crippen molar-refractivity contribution in [3.8, 4) is 0 Å². The Hall–Kier alpha value is -1.29. The Morgan fingerprint density at radius 1 is 1.60 bits per heavy atom. The second-order valence-corrected chi connectivity index (χ2v) is 3.96. The Kier molecular flexibility index (Phi) is 4.37. The van der Waals surface area contributed by atoms with Gasteiger partial charge in [-0.2, -0.15) is 0 Å². The fourth-order valence-corrected chi connectivity index (χ4v) is 1.65. The molecule has 0 aliphatic rings. The molecule has 0 unspecified atom stereocenters. The highest BCUT2D eigenvalue weighted by Crippen LogP contribution is 2.22. The summed E-state index contributed by atoms with van der Waals surface area (Å²) in [6.07, 6.45) is 1.63. The molecule has 0 bridgehead atoms. The van der Waals surface area contributed by atoms with Crippen LogP contribution in [0, 0.1) is 6.92 Å². The molecule has 2 N–H and O–H groups in total. The number of hydrogen-bond donors (Lipinski definition) is 2. The lowest BCUT2D eigenvalue weighted by Crippen LogP contribution is -2.28. The van der Waals surface area contributed by atoms with Gasteiger partial charge in [0.2, 0.25) is 0 Å². The predicted molar refractivity (Wildman–Crippen MR) is 66.1 cm³/mol. The first-order valence-electron chi connectivity index (χ1n) is 4.55. The van der Waals surface area contributed by atoms with Crippen molar-refractivity contribution < 1.29 is 4.79 Å². The van der Waals surface area contributed by atoms with Gasteiger partial charge in [-0.1, -0.05) is 12.1 Å². The smallest absolute Gasteiger partial charge is 0.319 e. The van der Waals surface area contributed by atoms with Crippen molar-refractivity contribution in [3.05, 3.63) is 40.9 Å². The van der Waals surface area contributed by atoms with Crippen LogP contribution in [-0.4, -0.2) is 12.6 Å². The maximum absolute atomic E-state index is 11.3. The van der Waals surface area contributed by atoms with Crippen molar-refractivity contribution in [1.82, 2.24) is 5.32 Å². The fraction of sp³-hybridized carbons (Fsp3) is 0.182. The molecule has 4 heteroatoms. The highest BCUT2D eigenvalue weighted by molar-refractivity contribution is 9.10. The maximum Gasteiger partial charge on any atom is 0.319 e. The topological polar surface area (TPSA) is 41.1 Å². The number of urea groups is 1. The van der Waals surface area contributed by atoms with Crippen LogP contribution in [0.1, 0.15) is 5.56 Å². The molecule has 1 rings (SSSR count). The molecule has 0 aliphatic carbocycles. The third-order valence-corrected chi connectivity index (χ3v) is 2.44. The second kappa shape index (κ2) is 5.56. The Bertz CT molecular complexity index is 377. The lowest BCUT2D eigenvalue weighted by molar-refractivity contribution is 0.253. The molecule has 0 saturated carbocycles. The molecule has 1 aromatic rings. The molecule has 0 saturated heterocycles. The molecule has 1 aromatic carbocycles. The standard InChI is InChI=1S/C11H13BrN2O/c1-3-6-13-11(15)14-10-5-4-8(2)7-9(10)12/h3-5,7H,1,6H2,2H3,(H2,13,14,15). The Morgan fingerprint density at radius 2 is 2.33 bits per heavy atom. The highest BCUT2D eigenvalue weighted by Gasteiger charge is 2.03. The summed E-state index contributed by atoms with van der Waals surface area (Å²) in [5.74, 6) is 0. The van der Waals surface area contributed by atoms with E-state index in [0.29, 0.717) is 6.54 Å². The first kappa shape index (κ1) is 11.8. The van der Waals surface area contributed by atoms with E-state index >= 15 is 0 Å². The largest absolute Gasteiger partial charge is 0.334 e. The molecule has 0 spiro atoms. The number of benzene rings is 1. The number of rotatable bonds is 3. The minimum atomic E-state index is -0.237. The van der Waals surface area contributed by atoms with Gasteiger partial charge < -0.3 is 10.6 Å². The number of amides is 2. The zero-order valence-electron chi connectivity index (χ0n) is 8.51. The summed E-state index contributed by atoms with van der Waals surface area (Å²) < 4.78 is 0.872. The lowest BCUT2D eigenvalue weighted by Gasteiger charge is -2.08. The number of nitrogens with one attached hydrogen (secondary N) is 2. The fourth-order valence-electron chi connectivity index (χ4n) is 1.05. The molecule has 15 heavy (non-hydrogen) atoms. The van der Waals surface area contributed by atoms with Gasteiger partial charge in [-0.15, -0.1) is 6.58 Å². The Morgan fingerprint density at radius 3 is 2.93 bits per heavy atom. The predicted octanol–water partition coefficient (Wildman–Crippen LogP) is 3.07. The molecule has 3 nitrogen and oxygen atoms in total. The van der Waals surface area contributed by atoms with Gasteiger partial charge in [-0.25, -0.2) is 4.79 Å². The van der Waals surface area contributed by atoms with E-state index in [0.717, 1.165) is 15.7 Å². The Labute approximate surface area is 97.7 Å². The molecule has 80 valence electrons. The van der Waals surface area contributed by atoms with Crippen LogP contribution >= 0.6 is 15.9 Å². The van der Waals surface area contributed by atoms with Gasteiger partial charge in [0.25, 0.3) is 0 Å². The van der Waals surface area contributed by atoms with Crippen molar-refractivity contribution in [2.24, 2.45) is 0 Å². The molecule has 0 fully saturated rings. The monoisotopic (exact) mass is 268 g/mol. The summed E-state index contributed by atoms with van der Waals surface area (Å²) in [4.78, 5) is 11.3. The number of halogens is 1. The van der Waals surface area contributed by atoms with Crippen LogP contribution in [0.25, 0.3) is 0 Å². The Balaban J connectivity index is 2.64. The minimum Gasteiger partial charge on any atom is -0.334 e. The van der Waals surface area contributed by atoms with Gasteiger partial charge >= 0.3 is 6.03 Å². The van der Waals surface area contributed by atoms with Crippen LogP contribution in [-0.2, 0) is 0 Å². The van der Waals surface area contributed by atoms with Crippen molar-refractivity contribution in [3.63, 3.8) is 0 Å². The van der Waals surface area contributed by atoms with Crippen molar-refractivity contribution in [2.75, 3.05) is 11.9 Å². The lowest BCUT2D eigenvalue weighted by atomic mass is 10.2. The highest BCUT2D eigenvalue weighted by atomic mass is 79.9. The minimum absolute atomic E-state index is 0.237. The molecule has 0 atom stereocenters. The molecule has 0 heterocycles. The molecule has 0 radical (unpaired) electrons. The second-order valence-electron chi connectivity index (χ2n) is 3.11. The van der Waals surface area contributed by atoms with Crippen LogP contribution in [0.4, 0.5) is 10.5 Å². The average Bonchev–Trinajstić information content (AvgIpc) is 2.19. The van der Waals surface area contributed by atoms with Gasteiger partial charge in [0.15, 0.2) is 0 Å². The van der Waals surface area contributed by atoms with Crippen LogP contribution < -0.4 is 10.6 Å². The maximum atomic E-state index is 11.3. The summed E-state index contributed by atoms with van der Waals surface area (Å²) in [5.41, 5.74) is 1.89. The molecule has 2 amide bonds. The molecular weight excluding hydrogens is 256 g/mol. The van der Waals surface area contributed by atoms with Crippen LogP contribution in [0.15, 0.2) is 35.3 Å². The van der Waals surface area contributed by atoms with E-state index in [-0.39, 0.29) is 6.03 Å². The number of anilines is 1. The van der Waals surface area contributed by atoms with Gasteiger partial charge in [-0.3, -0.25) is 0 Å². The third kappa shape index (κ3) is 3.75. The third-order valence-electron chi connectivity index (χ3n) is 1.78. The first-order chi connectivity index (χ1) is 7.13. The molecule has 0 aromatic heterocycles. The van der Waals surface area contributed by atoms with E-state index < -0.39 is 0 Å². The van der Waals surface area contributed by atoms with Crippen LogP contribution in [0.5, 0.6) is 0 Å². The van der Waals surface area contributed by atoms with Crippen LogP contribution in [0.2, 0.25) is 0 Å². The zero-order valence-corrected chi connectivity index (χ0v) is 10.1. The van der Waals surface area contributed by atoms with Gasteiger partial charge in [-0.05, 0) is 40.5 Å². The quantitative estimate of drug-likeness (QED) is 0.813. The molecular formula is C11H13BrN2O. The molecule has 0 aliphatic heterocycles. The van der Waals surface area contributed by atoms with E-state index in [1.165, 1.54) is 0 Å². The number of aryl methyl sites for hydroxylation is 1. The van der Waals surface area contributed by atoms with E-state index in [1.807, 2.05) is 25.1 Å². The first-order valence-corrected chi connectivity index (χ1v) is 5.34. The SMILES string of the molecule is C=CCNC(=O)Nc1ccc(C)cc1Br. The van der Waals surface area contributed by atoms with Crippen molar-refractivity contribution >= 4 is 27.6 Å². The van der Waals surface area contributed by atoms with Gasteiger partial charge in [0, 0.05) is 11.0 Å². The summed E-state index contributed by atoms with van der Waals surface area (Å²) in [6.45, 7) is 5.96.